The molecule has 0 aliphatic carbocycles. The molecule has 4 rings (SSSR count). The van der Waals surface area contributed by atoms with Crippen LogP contribution in [0.3, 0.4) is 0 Å². The maximum atomic E-state index is 12.6. The van der Waals surface area contributed by atoms with Crippen molar-refractivity contribution in [2.24, 2.45) is 11.5 Å². The average Bonchev–Trinajstić information content (AvgIpc) is 3.27. The molecule has 170 valence electrons. The molecule has 1 aliphatic heterocycles. The number of hydrogen-bond donors (Lipinski definition) is 4. The predicted octanol–water partition coefficient (Wildman–Crippen LogP) is 1.50. The molecule has 3 aromatic rings. The highest BCUT2D eigenvalue weighted by Crippen LogP contribution is 2.39. The van der Waals surface area contributed by atoms with E-state index in [9.17, 15) is 24.5 Å². The van der Waals surface area contributed by atoms with Crippen molar-refractivity contribution in [2.75, 3.05) is 6.54 Å². The lowest BCUT2D eigenvalue weighted by molar-refractivity contribution is -0.387. The van der Waals surface area contributed by atoms with E-state index >= 15 is 0 Å². The Balaban J connectivity index is 1.77. The number of aromatic amines is 1. The van der Waals surface area contributed by atoms with Gasteiger partial charge in [-0.05, 0) is 17.7 Å². The van der Waals surface area contributed by atoms with Gasteiger partial charge in [0, 0.05) is 29.9 Å². The molecule has 4 amide bonds. The van der Waals surface area contributed by atoms with Crippen LogP contribution in [0.25, 0.3) is 10.9 Å². The lowest BCUT2D eigenvalue weighted by Crippen LogP contribution is -2.50. The molecule has 1 saturated heterocycles. The summed E-state index contributed by atoms with van der Waals surface area (Å²) < 4.78 is 0. The maximum absolute atomic E-state index is 12.6. The van der Waals surface area contributed by atoms with E-state index in [1.54, 1.807) is 24.3 Å². The van der Waals surface area contributed by atoms with Gasteiger partial charge in [-0.25, -0.2) is 9.69 Å². The van der Waals surface area contributed by atoms with Crippen molar-refractivity contribution in [2.45, 2.75) is 28.4 Å². The van der Waals surface area contributed by atoms with Gasteiger partial charge in [0.25, 0.3) is 11.6 Å². The predicted molar refractivity (Wildman–Crippen MR) is 120 cm³/mol. The fourth-order valence-corrected chi connectivity index (χ4v) is 4.88. The van der Waals surface area contributed by atoms with E-state index in [1.165, 1.54) is 6.07 Å². The van der Waals surface area contributed by atoms with Gasteiger partial charge >= 0.3 is 6.03 Å². The molecule has 11 nitrogen and oxygen atoms in total. The van der Waals surface area contributed by atoms with E-state index in [1.807, 2.05) is 18.2 Å². The number of nitrogens with one attached hydrogen (secondary N) is 2. The number of amides is 4. The summed E-state index contributed by atoms with van der Waals surface area (Å²) in [5.41, 5.74) is 12.4. The van der Waals surface area contributed by atoms with E-state index in [0.29, 0.717) is 15.5 Å². The minimum Gasteiger partial charge on any atom is -0.368 e. The van der Waals surface area contributed by atoms with Gasteiger partial charge in [-0.2, -0.15) is 0 Å². The molecular formula is C21H20N6O5S. The monoisotopic (exact) mass is 468 g/mol. The Morgan fingerprint density at radius 2 is 1.88 bits per heavy atom. The van der Waals surface area contributed by atoms with Crippen LogP contribution in [0.1, 0.15) is 5.56 Å². The SMILES string of the molecule is NC[C@@H]1NC(=O)N([C@@H](Cc2c(Sc3ccccc3[N+](=O)[O-])[nH]c3ccccc23)C(N)=O)C1=O. The van der Waals surface area contributed by atoms with Gasteiger partial charge in [-0.1, -0.05) is 42.1 Å². The normalized spacial score (nSPS) is 16.8. The second kappa shape index (κ2) is 8.92. The first kappa shape index (κ1) is 22.3. The quantitative estimate of drug-likeness (QED) is 0.220. The molecule has 1 aliphatic rings. The molecule has 1 fully saturated rings. The largest absolute Gasteiger partial charge is 0.368 e. The van der Waals surface area contributed by atoms with Crippen LogP contribution in [0.5, 0.6) is 0 Å². The number of carbonyl (C=O) groups is 3. The van der Waals surface area contributed by atoms with Crippen LogP contribution in [0.2, 0.25) is 0 Å². The Bertz CT molecular complexity index is 1280. The lowest BCUT2D eigenvalue weighted by Gasteiger charge is -2.23. The van der Waals surface area contributed by atoms with Gasteiger partial charge in [0.05, 0.1) is 14.8 Å². The zero-order valence-corrected chi connectivity index (χ0v) is 18.0. The lowest BCUT2D eigenvalue weighted by atomic mass is 10.0. The first-order valence-corrected chi connectivity index (χ1v) is 10.8. The number of hydrogen-bond acceptors (Lipinski definition) is 7. The van der Waals surface area contributed by atoms with Crippen molar-refractivity contribution >= 4 is 46.2 Å². The van der Waals surface area contributed by atoms with Gasteiger partial charge in [0.2, 0.25) is 5.91 Å². The molecule has 0 spiro atoms. The topological polar surface area (TPSA) is 177 Å². The van der Waals surface area contributed by atoms with E-state index in [2.05, 4.69) is 10.3 Å². The number of aromatic nitrogens is 1. The van der Waals surface area contributed by atoms with Crippen LogP contribution >= 0.6 is 11.8 Å². The molecule has 0 radical (unpaired) electrons. The Morgan fingerprint density at radius 3 is 2.55 bits per heavy atom. The zero-order valence-electron chi connectivity index (χ0n) is 17.2. The summed E-state index contributed by atoms with van der Waals surface area (Å²) in [7, 11) is 0. The number of benzene rings is 2. The highest BCUT2D eigenvalue weighted by molar-refractivity contribution is 7.99. The van der Waals surface area contributed by atoms with Crippen LogP contribution < -0.4 is 16.8 Å². The Labute approximate surface area is 191 Å². The number of urea groups is 1. The van der Waals surface area contributed by atoms with Crippen LogP contribution in [-0.4, -0.2) is 51.3 Å². The standard InChI is InChI=1S/C21H20N6O5S/c22-10-14-20(29)26(21(30)25-14)16(18(23)28)9-12-11-5-1-2-6-13(11)24-19(12)33-17-8-4-3-7-15(17)27(31)32/h1-8,14,16,24H,9-10,22H2,(H2,23,28)(H,25,30)/t14-,16-/m0/s1. The second-order valence-electron chi connectivity index (χ2n) is 7.37. The molecule has 0 unspecified atom stereocenters. The number of nitrogens with two attached hydrogens (primary N) is 2. The van der Waals surface area contributed by atoms with Crippen molar-refractivity contribution in [1.82, 2.24) is 15.2 Å². The van der Waals surface area contributed by atoms with Gasteiger partial charge < -0.3 is 21.8 Å². The van der Waals surface area contributed by atoms with Crippen molar-refractivity contribution in [3.8, 4) is 0 Å². The van der Waals surface area contributed by atoms with E-state index in [-0.39, 0.29) is 18.7 Å². The summed E-state index contributed by atoms with van der Waals surface area (Å²) in [6.07, 6.45) is -0.0707. The molecule has 2 aromatic carbocycles. The summed E-state index contributed by atoms with van der Waals surface area (Å²) in [5, 5.41) is 15.2. The fraction of sp³-hybridized carbons (Fsp3) is 0.190. The second-order valence-corrected chi connectivity index (χ2v) is 8.43. The van der Waals surface area contributed by atoms with Crippen LogP contribution in [0.4, 0.5) is 10.5 Å². The summed E-state index contributed by atoms with van der Waals surface area (Å²) in [6.45, 7) is -0.113. The number of primary amides is 1. The number of H-pyrrole nitrogens is 1. The highest BCUT2D eigenvalue weighted by Gasteiger charge is 2.44. The molecule has 0 saturated carbocycles. The van der Waals surface area contributed by atoms with Gasteiger partial charge in [0.1, 0.15) is 12.1 Å². The third-order valence-electron chi connectivity index (χ3n) is 5.37. The minimum absolute atomic E-state index is 0.0707. The summed E-state index contributed by atoms with van der Waals surface area (Å²) in [4.78, 5) is 52.8. The van der Waals surface area contributed by atoms with Crippen LogP contribution in [0.15, 0.2) is 58.5 Å². The molecule has 2 heterocycles. The number of fused-ring (bicyclic) bond motifs is 1. The molecule has 33 heavy (non-hydrogen) atoms. The van der Waals surface area contributed by atoms with Gasteiger partial charge in [-0.3, -0.25) is 19.7 Å². The highest BCUT2D eigenvalue weighted by atomic mass is 32.2. The first-order chi connectivity index (χ1) is 15.8. The number of nitro groups is 1. The van der Waals surface area contributed by atoms with E-state index in [0.717, 1.165) is 27.6 Å². The van der Waals surface area contributed by atoms with E-state index in [4.69, 9.17) is 11.5 Å². The number of imide groups is 1. The number of para-hydroxylation sites is 2. The van der Waals surface area contributed by atoms with Crippen molar-refractivity contribution < 1.29 is 19.3 Å². The Hall–Kier alpha value is -3.90. The molecule has 0 bridgehead atoms. The number of nitrogens with zero attached hydrogens (tertiary/aromatic N) is 2. The smallest absolute Gasteiger partial charge is 0.325 e. The molecule has 2 atom stereocenters. The molecule has 1 aromatic heterocycles. The third-order valence-corrected chi connectivity index (χ3v) is 6.49. The van der Waals surface area contributed by atoms with Crippen molar-refractivity contribution in [3.05, 3.63) is 64.2 Å². The van der Waals surface area contributed by atoms with Crippen molar-refractivity contribution in [1.29, 1.82) is 0 Å². The molecule has 12 heteroatoms. The Morgan fingerprint density at radius 1 is 1.18 bits per heavy atom. The third kappa shape index (κ3) is 4.13. The number of carbonyl (C=O) groups excluding carboxylic acids is 3. The van der Waals surface area contributed by atoms with Gasteiger partial charge in [0.15, 0.2) is 0 Å². The summed E-state index contributed by atoms with van der Waals surface area (Å²) in [5.74, 6) is -1.48. The van der Waals surface area contributed by atoms with Crippen LogP contribution in [-0.2, 0) is 16.0 Å². The number of nitro benzene ring substituents is 1. The minimum atomic E-state index is -1.27. The first-order valence-electron chi connectivity index (χ1n) is 9.95. The molecular weight excluding hydrogens is 448 g/mol. The summed E-state index contributed by atoms with van der Waals surface area (Å²) >= 11 is 1.12. The number of rotatable bonds is 8. The average molecular weight is 468 g/mol. The molecule has 6 N–H and O–H groups in total. The maximum Gasteiger partial charge on any atom is 0.325 e. The van der Waals surface area contributed by atoms with E-state index < -0.39 is 34.9 Å². The van der Waals surface area contributed by atoms with Gasteiger partial charge in [-0.15, -0.1) is 0 Å². The van der Waals surface area contributed by atoms with Crippen LogP contribution in [0, 0.1) is 10.1 Å². The Kier molecular flexibility index (Phi) is 6.03. The van der Waals surface area contributed by atoms with Crippen molar-refractivity contribution in [3.63, 3.8) is 0 Å². The zero-order chi connectivity index (χ0) is 23.7. The summed E-state index contributed by atoms with van der Waals surface area (Å²) in [6, 6.07) is 10.6. The fourth-order valence-electron chi connectivity index (χ4n) is 3.79.